The standard InChI is InChI=1S/C28H34F3N5O5/c1-27(2,3)22(34-26(41)28(29,30)31)25(40)36-13-14-8-7-10-15(14)21(36)24(39)33-20(23(32)38)17-12-19(37)35(4)18-11-6-5-9-16(17)18/h5-6,9,11-12,14-15,20-22H,7-8,10,13H2,1-4H3,(H2,32,38)(H,33,39)(H,34,41)/t14-,15-,20?,21-,22+/m0/s1. The topological polar surface area (TPSA) is 144 Å². The molecule has 1 aromatic carbocycles. The van der Waals surface area contributed by atoms with Gasteiger partial charge in [0.25, 0.3) is 5.56 Å². The van der Waals surface area contributed by atoms with Gasteiger partial charge in [-0.05, 0) is 41.7 Å². The summed E-state index contributed by atoms with van der Waals surface area (Å²) < 4.78 is 40.7. The van der Waals surface area contributed by atoms with Crippen molar-refractivity contribution >= 4 is 34.5 Å². The maximum atomic E-state index is 13.9. The van der Waals surface area contributed by atoms with Crippen molar-refractivity contribution in [2.75, 3.05) is 6.54 Å². The molecular formula is C28H34F3N5O5. The first-order chi connectivity index (χ1) is 19.0. The number of nitrogens with one attached hydrogen (secondary N) is 2. The molecule has 2 fully saturated rings. The molecule has 0 spiro atoms. The molecule has 1 aliphatic heterocycles. The number of nitrogens with two attached hydrogens (primary N) is 1. The average molecular weight is 578 g/mol. The van der Waals surface area contributed by atoms with Crippen LogP contribution in [0.3, 0.4) is 0 Å². The van der Waals surface area contributed by atoms with Gasteiger partial charge in [-0.25, -0.2) is 0 Å². The summed E-state index contributed by atoms with van der Waals surface area (Å²) in [6.45, 7) is 4.67. The lowest BCUT2D eigenvalue weighted by Gasteiger charge is -2.36. The fourth-order valence-corrected chi connectivity index (χ4v) is 6.10. The molecule has 4 N–H and O–H groups in total. The van der Waals surface area contributed by atoms with Gasteiger partial charge >= 0.3 is 12.1 Å². The van der Waals surface area contributed by atoms with Crippen molar-refractivity contribution < 1.29 is 32.3 Å². The van der Waals surface area contributed by atoms with Gasteiger partial charge in [0.05, 0.1) is 5.52 Å². The van der Waals surface area contributed by atoms with Crippen molar-refractivity contribution in [1.29, 1.82) is 0 Å². The lowest BCUT2D eigenvalue weighted by atomic mass is 9.85. The van der Waals surface area contributed by atoms with Gasteiger partial charge < -0.3 is 25.8 Å². The van der Waals surface area contributed by atoms with Crippen LogP contribution in [0.5, 0.6) is 0 Å². The van der Waals surface area contributed by atoms with Gasteiger partial charge in [0.2, 0.25) is 17.7 Å². The summed E-state index contributed by atoms with van der Waals surface area (Å²) in [5.74, 6) is -5.09. The number of benzene rings is 1. The molecule has 4 amide bonds. The number of aromatic nitrogens is 1. The maximum Gasteiger partial charge on any atom is 0.471 e. The second-order valence-electron chi connectivity index (χ2n) is 11.9. The van der Waals surface area contributed by atoms with Crippen molar-refractivity contribution in [1.82, 2.24) is 20.1 Å². The Bertz CT molecular complexity index is 1450. The molecule has 1 saturated heterocycles. The average Bonchev–Trinajstić information content (AvgIpc) is 3.47. The first kappa shape index (κ1) is 30.1. The quantitative estimate of drug-likeness (QED) is 0.481. The van der Waals surface area contributed by atoms with E-state index in [1.165, 1.54) is 36.3 Å². The van der Waals surface area contributed by atoms with E-state index in [2.05, 4.69) is 5.32 Å². The van der Waals surface area contributed by atoms with Crippen LogP contribution in [0.15, 0.2) is 35.1 Å². The van der Waals surface area contributed by atoms with Gasteiger partial charge in [-0.2, -0.15) is 13.2 Å². The van der Waals surface area contributed by atoms with Crippen LogP contribution in [0.4, 0.5) is 13.2 Å². The summed E-state index contributed by atoms with van der Waals surface area (Å²) in [5.41, 5.74) is 4.85. The maximum absolute atomic E-state index is 13.9. The van der Waals surface area contributed by atoms with Crippen LogP contribution in [0.1, 0.15) is 51.6 Å². The molecule has 2 aromatic rings. The Morgan fingerprint density at radius 1 is 1.05 bits per heavy atom. The van der Waals surface area contributed by atoms with Crippen LogP contribution in [-0.4, -0.2) is 57.9 Å². The number of primary amides is 1. The van der Waals surface area contributed by atoms with Gasteiger partial charge in [-0.15, -0.1) is 0 Å². The van der Waals surface area contributed by atoms with Crippen molar-refractivity contribution in [2.45, 2.75) is 64.3 Å². The third-order valence-electron chi connectivity index (χ3n) is 8.16. The van der Waals surface area contributed by atoms with Crippen molar-refractivity contribution in [2.24, 2.45) is 30.0 Å². The molecule has 13 heteroatoms. The largest absolute Gasteiger partial charge is 0.471 e. The van der Waals surface area contributed by atoms with E-state index >= 15 is 0 Å². The van der Waals surface area contributed by atoms with Gasteiger partial charge in [0, 0.05) is 25.0 Å². The minimum absolute atomic E-state index is 0.0782. The Balaban J connectivity index is 1.70. The van der Waals surface area contributed by atoms with E-state index in [1.54, 1.807) is 31.3 Å². The number of likely N-dealkylation sites (tertiary alicyclic amines) is 1. The lowest BCUT2D eigenvalue weighted by molar-refractivity contribution is -0.176. The number of pyridine rings is 1. The Labute approximate surface area is 234 Å². The van der Waals surface area contributed by atoms with Gasteiger partial charge in [0.15, 0.2) is 0 Å². The summed E-state index contributed by atoms with van der Waals surface area (Å²) >= 11 is 0. The highest BCUT2D eigenvalue weighted by atomic mass is 19.4. The summed E-state index contributed by atoms with van der Waals surface area (Å²) in [5, 5.41) is 4.96. The summed E-state index contributed by atoms with van der Waals surface area (Å²) in [6, 6.07) is 3.91. The van der Waals surface area contributed by atoms with Crippen LogP contribution in [0, 0.1) is 17.3 Å². The molecule has 2 heterocycles. The summed E-state index contributed by atoms with van der Waals surface area (Å²) in [6.07, 6.45) is -3.09. The van der Waals surface area contributed by atoms with Gasteiger partial charge in [-0.3, -0.25) is 24.0 Å². The predicted octanol–water partition coefficient (Wildman–Crippen LogP) is 1.90. The van der Waals surface area contributed by atoms with Crippen LogP contribution < -0.4 is 21.9 Å². The molecule has 1 unspecified atom stereocenters. The van der Waals surface area contributed by atoms with E-state index in [0.717, 1.165) is 6.42 Å². The number of fused-ring (bicyclic) bond motifs is 2. The summed E-state index contributed by atoms with van der Waals surface area (Å²) in [4.78, 5) is 66.0. The number of nitrogens with zero attached hydrogens (tertiary/aromatic N) is 2. The number of carbonyl (C=O) groups excluding carboxylic acids is 4. The number of amides is 4. The van der Waals surface area contributed by atoms with E-state index in [0.29, 0.717) is 23.7 Å². The second-order valence-corrected chi connectivity index (χ2v) is 11.9. The van der Waals surface area contributed by atoms with Crippen molar-refractivity contribution in [3.05, 3.63) is 46.2 Å². The van der Waals surface area contributed by atoms with Crippen molar-refractivity contribution in [3.63, 3.8) is 0 Å². The second kappa shape index (κ2) is 10.8. The SMILES string of the molecule is Cn1c(=O)cc(C(NC(=O)[C@@H]2[C@H]3CCC[C@H]3CN2C(=O)[C@@H](NC(=O)C(F)(F)F)C(C)(C)C)C(N)=O)c2ccccc21. The molecule has 4 rings (SSSR count). The monoisotopic (exact) mass is 577 g/mol. The highest BCUT2D eigenvalue weighted by molar-refractivity contribution is 5.97. The smallest absolute Gasteiger partial charge is 0.368 e. The van der Waals surface area contributed by atoms with Gasteiger partial charge in [0.1, 0.15) is 18.1 Å². The zero-order valence-corrected chi connectivity index (χ0v) is 23.2. The molecule has 1 aliphatic carbocycles. The minimum Gasteiger partial charge on any atom is -0.368 e. The number of halogens is 3. The Morgan fingerprint density at radius 3 is 2.32 bits per heavy atom. The van der Waals surface area contributed by atoms with Crippen LogP contribution >= 0.6 is 0 Å². The molecule has 0 bridgehead atoms. The minimum atomic E-state index is -5.20. The van der Waals surface area contributed by atoms with Crippen LogP contribution in [0.2, 0.25) is 0 Å². The molecule has 1 aromatic heterocycles. The Hall–Kier alpha value is -3.90. The fourth-order valence-electron chi connectivity index (χ4n) is 6.10. The van der Waals surface area contributed by atoms with E-state index in [-0.39, 0.29) is 23.9 Å². The molecule has 5 atom stereocenters. The van der Waals surface area contributed by atoms with Crippen molar-refractivity contribution in [3.8, 4) is 0 Å². The summed E-state index contributed by atoms with van der Waals surface area (Å²) in [7, 11) is 1.57. The number of hydrogen-bond acceptors (Lipinski definition) is 5. The zero-order valence-electron chi connectivity index (χ0n) is 23.2. The fraction of sp³-hybridized carbons (Fsp3) is 0.536. The molecule has 1 saturated carbocycles. The van der Waals surface area contributed by atoms with E-state index in [4.69, 9.17) is 5.73 Å². The number of rotatable bonds is 6. The van der Waals surface area contributed by atoms with Crippen LogP contribution in [-0.2, 0) is 26.2 Å². The molecule has 222 valence electrons. The van der Waals surface area contributed by atoms with E-state index in [1.807, 2.05) is 5.32 Å². The number of alkyl halides is 3. The zero-order chi connectivity index (χ0) is 30.4. The molecule has 41 heavy (non-hydrogen) atoms. The number of aryl methyl sites for hydroxylation is 1. The third kappa shape index (κ3) is 5.80. The van der Waals surface area contributed by atoms with Gasteiger partial charge in [-0.1, -0.05) is 45.4 Å². The van der Waals surface area contributed by atoms with E-state index < -0.39 is 58.9 Å². The third-order valence-corrected chi connectivity index (χ3v) is 8.16. The first-order valence-electron chi connectivity index (χ1n) is 13.4. The number of hydrogen-bond donors (Lipinski definition) is 3. The van der Waals surface area contributed by atoms with Crippen LogP contribution in [0.25, 0.3) is 10.9 Å². The Kier molecular flexibility index (Phi) is 7.94. The number of carbonyl (C=O) groups is 4. The molecular weight excluding hydrogens is 543 g/mol. The molecule has 2 aliphatic rings. The number of para-hydroxylation sites is 1. The first-order valence-corrected chi connectivity index (χ1v) is 13.4. The highest BCUT2D eigenvalue weighted by Crippen LogP contribution is 2.43. The Morgan fingerprint density at radius 2 is 1.71 bits per heavy atom. The highest BCUT2D eigenvalue weighted by Gasteiger charge is 2.53. The van der Waals surface area contributed by atoms with E-state index in [9.17, 15) is 37.1 Å². The molecule has 0 radical (unpaired) electrons. The lowest BCUT2D eigenvalue weighted by Crippen LogP contribution is -2.60. The molecule has 10 nitrogen and oxygen atoms in total. The predicted molar refractivity (Wildman–Crippen MR) is 143 cm³/mol. The normalized spacial score (nSPS) is 22.2.